The van der Waals surface area contributed by atoms with Crippen LogP contribution in [0.5, 0.6) is 0 Å². The molecule has 0 saturated heterocycles. The molecule has 2 aliphatic rings. The van der Waals surface area contributed by atoms with Crippen LogP contribution in [0.2, 0.25) is 0 Å². The first-order chi connectivity index (χ1) is 10.2. The molecule has 1 aromatic rings. The number of thioether (sulfide) groups is 1. The molecule has 1 saturated carbocycles. The van der Waals surface area contributed by atoms with Crippen molar-refractivity contribution in [2.45, 2.75) is 58.4 Å². The highest BCUT2D eigenvalue weighted by molar-refractivity contribution is 8.13. The summed E-state index contributed by atoms with van der Waals surface area (Å²) in [6.07, 6.45) is 10.0. The van der Waals surface area contributed by atoms with Gasteiger partial charge in [-0.25, -0.2) is 4.98 Å². The summed E-state index contributed by atoms with van der Waals surface area (Å²) in [6, 6.07) is 0.266. The van der Waals surface area contributed by atoms with Gasteiger partial charge in [-0.2, -0.15) is 0 Å². The van der Waals surface area contributed by atoms with Crippen molar-refractivity contribution in [3.63, 3.8) is 0 Å². The number of rotatable bonds is 3. The molecule has 1 N–H and O–H groups in total. The smallest absolute Gasteiger partial charge is 0.157 e. The molecular formula is C16H25N3S2. The quantitative estimate of drug-likeness (QED) is 0.895. The second kappa shape index (κ2) is 6.69. The van der Waals surface area contributed by atoms with Gasteiger partial charge in [0.1, 0.15) is 5.01 Å². The Balaban J connectivity index is 1.58. The van der Waals surface area contributed by atoms with Gasteiger partial charge in [0.05, 0.1) is 6.04 Å². The van der Waals surface area contributed by atoms with Crippen molar-refractivity contribution in [1.82, 2.24) is 10.3 Å². The van der Waals surface area contributed by atoms with E-state index in [1.54, 1.807) is 0 Å². The molecule has 21 heavy (non-hydrogen) atoms. The van der Waals surface area contributed by atoms with Gasteiger partial charge in [0.15, 0.2) is 5.17 Å². The van der Waals surface area contributed by atoms with Gasteiger partial charge in [0.25, 0.3) is 0 Å². The maximum atomic E-state index is 4.84. The first kappa shape index (κ1) is 15.3. The van der Waals surface area contributed by atoms with Crippen molar-refractivity contribution in [2.75, 3.05) is 12.3 Å². The van der Waals surface area contributed by atoms with Crippen LogP contribution in [0.4, 0.5) is 0 Å². The lowest BCUT2D eigenvalue weighted by molar-refractivity contribution is 0.232. The minimum Gasteiger partial charge on any atom is -0.356 e. The third-order valence-electron chi connectivity index (χ3n) is 4.62. The molecule has 2 heterocycles. The zero-order chi connectivity index (χ0) is 14.7. The Bertz CT molecular complexity index is 503. The molecular weight excluding hydrogens is 298 g/mol. The normalized spacial score (nSPS) is 22.9. The molecule has 5 heteroatoms. The molecule has 1 unspecified atom stereocenters. The third kappa shape index (κ3) is 3.62. The molecule has 116 valence electrons. The fraction of sp³-hybridized carbons (Fsp3) is 0.750. The van der Waals surface area contributed by atoms with E-state index < -0.39 is 0 Å². The zero-order valence-corrected chi connectivity index (χ0v) is 14.7. The number of aromatic nitrogens is 1. The Hall–Kier alpha value is -0.550. The van der Waals surface area contributed by atoms with Gasteiger partial charge in [0, 0.05) is 23.4 Å². The van der Waals surface area contributed by atoms with Crippen molar-refractivity contribution < 1.29 is 0 Å². The number of amidine groups is 1. The fourth-order valence-corrected chi connectivity index (χ4v) is 5.28. The van der Waals surface area contributed by atoms with Gasteiger partial charge in [-0.1, -0.05) is 37.9 Å². The highest BCUT2D eigenvalue weighted by Gasteiger charge is 2.35. The summed E-state index contributed by atoms with van der Waals surface area (Å²) in [7, 11) is 0. The summed E-state index contributed by atoms with van der Waals surface area (Å²) in [4.78, 5) is 10.7. The lowest BCUT2D eigenvalue weighted by Gasteiger charge is -2.38. The number of hydrogen-bond acceptors (Lipinski definition) is 5. The van der Waals surface area contributed by atoms with E-state index in [2.05, 4.69) is 24.1 Å². The Morgan fingerprint density at radius 2 is 2.14 bits per heavy atom. The fourth-order valence-electron chi connectivity index (χ4n) is 3.18. The maximum Gasteiger partial charge on any atom is 0.157 e. The first-order valence-corrected chi connectivity index (χ1v) is 9.89. The summed E-state index contributed by atoms with van der Waals surface area (Å²) >= 11 is 3.73. The van der Waals surface area contributed by atoms with Crippen LogP contribution in [0, 0.1) is 5.41 Å². The predicted molar refractivity (Wildman–Crippen MR) is 93.3 cm³/mol. The Morgan fingerprint density at radius 1 is 1.33 bits per heavy atom. The molecule has 0 aromatic carbocycles. The summed E-state index contributed by atoms with van der Waals surface area (Å²) in [5, 5.41) is 5.85. The summed E-state index contributed by atoms with van der Waals surface area (Å²) < 4.78 is 0. The zero-order valence-electron chi connectivity index (χ0n) is 13.0. The van der Waals surface area contributed by atoms with Crippen molar-refractivity contribution in [3.8, 4) is 0 Å². The van der Waals surface area contributed by atoms with E-state index in [-0.39, 0.29) is 6.04 Å². The molecule has 1 aromatic heterocycles. The van der Waals surface area contributed by atoms with E-state index in [4.69, 9.17) is 4.99 Å². The number of hydrogen-bond donors (Lipinski definition) is 1. The summed E-state index contributed by atoms with van der Waals surface area (Å²) in [5.41, 5.74) is 0.508. The van der Waals surface area contributed by atoms with Gasteiger partial charge in [-0.15, -0.1) is 11.3 Å². The number of nitrogens with one attached hydrogen (secondary N) is 1. The molecule has 1 aliphatic heterocycles. The predicted octanol–water partition coefficient (Wildman–Crippen LogP) is 4.41. The van der Waals surface area contributed by atoms with E-state index in [1.165, 1.54) is 47.7 Å². The van der Waals surface area contributed by atoms with Crippen LogP contribution >= 0.6 is 23.1 Å². The third-order valence-corrected chi connectivity index (χ3v) is 7.22. The molecule has 1 spiro atoms. The average Bonchev–Trinajstić information content (AvgIpc) is 3.00. The lowest BCUT2D eigenvalue weighted by Crippen LogP contribution is -2.37. The van der Waals surface area contributed by atoms with Gasteiger partial charge in [-0.3, -0.25) is 4.99 Å². The van der Waals surface area contributed by atoms with Crippen LogP contribution in [0.25, 0.3) is 0 Å². The lowest BCUT2D eigenvalue weighted by atomic mass is 9.75. The van der Waals surface area contributed by atoms with Crippen molar-refractivity contribution in [3.05, 3.63) is 16.1 Å². The van der Waals surface area contributed by atoms with Crippen molar-refractivity contribution in [1.29, 1.82) is 0 Å². The van der Waals surface area contributed by atoms with Crippen LogP contribution in [0.15, 0.2) is 11.2 Å². The van der Waals surface area contributed by atoms with Gasteiger partial charge < -0.3 is 5.32 Å². The number of thiazole rings is 1. The summed E-state index contributed by atoms with van der Waals surface area (Å²) in [6.45, 7) is 5.39. The SMILES string of the molecule is CCc1cnc(C(C)NC2=NCC3(CCCCC3)CS2)s1. The van der Waals surface area contributed by atoms with Crippen molar-refractivity contribution in [2.24, 2.45) is 10.4 Å². The Morgan fingerprint density at radius 3 is 2.76 bits per heavy atom. The molecule has 3 rings (SSSR count). The molecule has 1 atom stereocenters. The molecule has 0 amide bonds. The second-order valence-corrected chi connectivity index (χ2v) is 8.47. The summed E-state index contributed by atoms with van der Waals surface area (Å²) in [5.74, 6) is 1.24. The van der Waals surface area contributed by atoms with E-state index in [0.717, 1.165) is 18.1 Å². The van der Waals surface area contributed by atoms with Gasteiger partial charge in [0.2, 0.25) is 0 Å². The van der Waals surface area contributed by atoms with Crippen LogP contribution in [-0.2, 0) is 6.42 Å². The van der Waals surface area contributed by atoms with Crippen LogP contribution in [-0.4, -0.2) is 22.4 Å². The Kier molecular flexibility index (Phi) is 4.89. The van der Waals surface area contributed by atoms with E-state index in [0.29, 0.717) is 5.41 Å². The maximum absolute atomic E-state index is 4.84. The minimum absolute atomic E-state index is 0.266. The first-order valence-electron chi connectivity index (χ1n) is 8.09. The van der Waals surface area contributed by atoms with E-state index >= 15 is 0 Å². The van der Waals surface area contributed by atoms with Gasteiger partial charge >= 0.3 is 0 Å². The van der Waals surface area contributed by atoms with Crippen molar-refractivity contribution >= 4 is 28.3 Å². The van der Waals surface area contributed by atoms with E-state index in [1.807, 2.05) is 29.3 Å². The van der Waals surface area contributed by atoms with Crippen LogP contribution in [0.3, 0.4) is 0 Å². The highest BCUT2D eigenvalue weighted by atomic mass is 32.2. The molecule has 0 bridgehead atoms. The number of nitrogens with zero attached hydrogens (tertiary/aromatic N) is 2. The topological polar surface area (TPSA) is 37.3 Å². The van der Waals surface area contributed by atoms with E-state index in [9.17, 15) is 0 Å². The van der Waals surface area contributed by atoms with Gasteiger partial charge in [-0.05, 0) is 31.6 Å². The monoisotopic (exact) mass is 323 g/mol. The standard InChI is InChI=1S/C16H25N3S2/c1-3-13-9-17-14(21-13)12(2)19-15-18-10-16(11-20-15)7-5-4-6-8-16/h9,12H,3-8,10-11H2,1-2H3,(H,18,19). The van der Waals surface area contributed by atoms with Crippen LogP contribution in [0.1, 0.15) is 61.9 Å². The molecule has 1 aliphatic carbocycles. The Labute approximate surface area is 136 Å². The van der Waals surface area contributed by atoms with Crippen LogP contribution < -0.4 is 5.32 Å². The highest BCUT2D eigenvalue weighted by Crippen LogP contribution is 2.41. The molecule has 1 fully saturated rings. The molecule has 0 radical (unpaired) electrons. The number of aliphatic imine (C=N–C) groups is 1. The second-order valence-electron chi connectivity index (χ2n) is 6.36. The molecule has 3 nitrogen and oxygen atoms in total. The average molecular weight is 324 g/mol. The largest absolute Gasteiger partial charge is 0.356 e. The number of aryl methyl sites for hydroxylation is 1. The minimum atomic E-state index is 0.266.